The molecule has 3 N–H and O–H groups in total. The fourth-order valence-corrected chi connectivity index (χ4v) is 5.87. The third-order valence-electron chi connectivity index (χ3n) is 7.67. The molecule has 6 nitrogen and oxygen atoms in total. The van der Waals surface area contributed by atoms with Crippen LogP contribution in [0.4, 0.5) is 9.18 Å². The lowest BCUT2D eigenvalue weighted by molar-refractivity contribution is 0.0876. The molecule has 2 aromatic rings. The average Bonchev–Trinajstić information content (AvgIpc) is 3.10. The summed E-state index contributed by atoms with van der Waals surface area (Å²) in [5, 5.41) is 8.60. The van der Waals surface area contributed by atoms with E-state index in [2.05, 4.69) is 23.3 Å². The van der Waals surface area contributed by atoms with E-state index in [0.29, 0.717) is 17.0 Å². The fourth-order valence-electron chi connectivity index (χ4n) is 5.87. The van der Waals surface area contributed by atoms with Crippen LogP contribution in [0.3, 0.4) is 0 Å². The van der Waals surface area contributed by atoms with Gasteiger partial charge in [0.25, 0.3) is 0 Å². The summed E-state index contributed by atoms with van der Waals surface area (Å²) in [6.45, 7) is 6.71. The van der Waals surface area contributed by atoms with Gasteiger partial charge in [0.15, 0.2) is 0 Å². The molecule has 1 aromatic heterocycles. The van der Waals surface area contributed by atoms with Crippen molar-refractivity contribution in [3.8, 4) is 0 Å². The average molecular weight is 443 g/mol. The number of amides is 1. The van der Waals surface area contributed by atoms with E-state index in [-0.39, 0.29) is 18.5 Å². The van der Waals surface area contributed by atoms with Crippen molar-refractivity contribution in [2.75, 3.05) is 13.1 Å². The van der Waals surface area contributed by atoms with Crippen LogP contribution in [0.5, 0.6) is 0 Å². The lowest BCUT2D eigenvalue weighted by atomic mass is 9.79. The van der Waals surface area contributed by atoms with E-state index in [1.54, 1.807) is 6.07 Å². The maximum absolute atomic E-state index is 14.0. The van der Waals surface area contributed by atoms with Crippen LogP contribution >= 0.6 is 0 Å². The summed E-state index contributed by atoms with van der Waals surface area (Å²) in [4.78, 5) is 13.9. The summed E-state index contributed by atoms with van der Waals surface area (Å²) >= 11 is 0. The van der Waals surface area contributed by atoms with Gasteiger partial charge in [0.2, 0.25) is 0 Å². The summed E-state index contributed by atoms with van der Waals surface area (Å²) in [5.41, 5.74) is 7.40. The molecule has 2 heterocycles. The number of likely N-dealkylation sites (tertiary alicyclic amines) is 1. The second-order valence-electron chi connectivity index (χ2n) is 9.72. The van der Waals surface area contributed by atoms with E-state index in [4.69, 9.17) is 15.9 Å². The molecule has 0 unspecified atom stereocenters. The molecule has 1 aliphatic heterocycles. The van der Waals surface area contributed by atoms with Crippen molar-refractivity contribution in [2.24, 2.45) is 17.6 Å². The molecule has 32 heavy (non-hydrogen) atoms. The highest BCUT2D eigenvalue weighted by atomic mass is 19.1. The lowest BCUT2D eigenvalue weighted by Gasteiger charge is -2.42. The number of fused-ring (bicyclic) bond motifs is 1. The zero-order valence-electron chi connectivity index (χ0n) is 19.1. The zero-order chi connectivity index (χ0) is 22.8. The number of carbonyl (C=O) groups is 1. The minimum absolute atomic E-state index is 0.0181. The van der Waals surface area contributed by atoms with Crippen LogP contribution in [0.1, 0.15) is 69.7 Å². The molecular weight excluding hydrogens is 407 g/mol. The highest BCUT2D eigenvalue weighted by molar-refractivity contribution is 6.00. The van der Waals surface area contributed by atoms with Gasteiger partial charge in [0.1, 0.15) is 12.4 Å². The topological polar surface area (TPSA) is 84.3 Å². The molecule has 7 heteroatoms. The van der Waals surface area contributed by atoms with Crippen molar-refractivity contribution in [1.29, 1.82) is 5.41 Å². The van der Waals surface area contributed by atoms with Gasteiger partial charge in [0.05, 0.1) is 5.69 Å². The maximum Gasteiger partial charge on any atom is 0.404 e. The standard InChI is InChI=1S/C25H35FN4O2/c1-16(2)17-3-6-19(7-4-17)29-11-9-20(10-12-29)30-23-8-5-18(26)13-21(23)22(14-27)24(30)15-32-25(28)31/h5,8,13-14,16-17,19-20,27H,3-4,6-7,9-12,15H2,1-2H3,(H2,28,31). The molecule has 1 aromatic carbocycles. The number of benzene rings is 1. The van der Waals surface area contributed by atoms with E-state index >= 15 is 0 Å². The van der Waals surface area contributed by atoms with E-state index in [0.717, 1.165) is 49.0 Å². The number of ether oxygens (including phenoxy) is 1. The van der Waals surface area contributed by atoms with Crippen LogP contribution in [-0.4, -0.2) is 40.9 Å². The van der Waals surface area contributed by atoms with Crippen molar-refractivity contribution in [1.82, 2.24) is 9.47 Å². The second-order valence-corrected chi connectivity index (χ2v) is 9.72. The molecule has 2 aliphatic rings. The number of nitrogens with two attached hydrogens (primary N) is 1. The molecule has 0 radical (unpaired) electrons. The SMILES string of the molecule is CC(C)C1CCC(N2CCC(n3c(COC(N)=O)c(C=N)c4cc(F)ccc43)CC2)CC1. The van der Waals surface area contributed by atoms with Gasteiger partial charge in [-0.15, -0.1) is 0 Å². The van der Waals surface area contributed by atoms with Crippen LogP contribution in [0.2, 0.25) is 0 Å². The molecule has 0 spiro atoms. The van der Waals surface area contributed by atoms with Crippen LogP contribution < -0.4 is 5.73 Å². The fraction of sp³-hybridized carbons (Fsp3) is 0.600. The number of carbonyl (C=O) groups excluding carboxylic acids is 1. The summed E-state index contributed by atoms with van der Waals surface area (Å²) in [6.07, 6.45) is 7.55. The van der Waals surface area contributed by atoms with Gasteiger partial charge in [-0.05, 0) is 68.6 Å². The number of primary amides is 1. The first kappa shape index (κ1) is 22.8. The number of hydrogen-bond acceptors (Lipinski definition) is 4. The lowest BCUT2D eigenvalue weighted by Crippen LogP contribution is -2.44. The summed E-state index contributed by atoms with van der Waals surface area (Å²) < 4.78 is 21.3. The molecule has 1 saturated heterocycles. The van der Waals surface area contributed by atoms with Gasteiger partial charge >= 0.3 is 6.09 Å². The predicted molar refractivity (Wildman–Crippen MR) is 125 cm³/mol. The smallest absolute Gasteiger partial charge is 0.404 e. The Hall–Kier alpha value is -2.41. The Labute approximate surface area is 189 Å². The van der Waals surface area contributed by atoms with Crippen molar-refractivity contribution in [2.45, 2.75) is 71.1 Å². The largest absolute Gasteiger partial charge is 0.443 e. The third kappa shape index (κ3) is 4.53. The van der Waals surface area contributed by atoms with Crippen molar-refractivity contribution >= 4 is 23.2 Å². The van der Waals surface area contributed by atoms with Crippen LogP contribution in [-0.2, 0) is 11.3 Å². The number of halogens is 1. The van der Waals surface area contributed by atoms with Gasteiger partial charge in [-0.1, -0.05) is 13.8 Å². The van der Waals surface area contributed by atoms with Gasteiger partial charge < -0.3 is 25.3 Å². The molecule has 4 rings (SSSR count). The van der Waals surface area contributed by atoms with Crippen molar-refractivity contribution in [3.63, 3.8) is 0 Å². The normalized spacial score (nSPS) is 23.0. The Bertz CT molecular complexity index is 970. The number of hydrogen-bond donors (Lipinski definition) is 2. The second kappa shape index (κ2) is 9.61. The molecule has 1 saturated carbocycles. The maximum atomic E-state index is 14.0. The summed E-state index contributed by atoms with van der Waals surface area (Å²) in [6, 6.07) is 5.57. The minimum atomic E-state index is -0.851. The Morgan fingerprint density at radius 2 is 1.88 bits per heavy atom. The molecule has 2 fully saturated rings. The molecule has 174 valence electrons. The van der Waals surface area contributed by atoms with Gasteiger partial charge in [0, 0.05) is 47.9 Å². The van der Waals surface area contributed by atoms with Crippen LogP contribution in [0.15, 0.2) is 18.2 Å². The van der Waals surface area contributed by atoms with Gasteiger partial charge in [-0.2, -0.15) is 0 Å². The van der Waals surface area contributed by atoms with E-state index < -0.39 is 6.09 Å². The highest BCUT2D eigenvalue weighted by Crippen LogP contribution is 2.37. The first-order valence-electron chi connectivity index (χ1n) is 11.9. The van der Waals surface area contributed by atoms with Crippen LogP contribution in [0.25, 0.3) is 10.9 Å². The molecule has 0 bridgehead atoms. The highest BCUT2D eigenvalue weighted by Gasteiger charge is 2.32. The number of aromatic nitrogens is 1. The molecule has 0 atom stereocenters. The Morgan fingerprint density at radius 1 is 1.19 bits per heavy atom. The number of nitrogens with one attached hydrogen (secondary N) is 1. The number of nitrogens with zero attached hydrogens (tertiary/aromatic N) is 2. The monoisotopic (exact) mass is 442 g/mol. The first-order chi connectivity index (χ1) is 15.4. The molecule has 1 aliphatic carbocycles. The first-order valence-corrected chi connectivity index (χ1v) is 11.9. The Kier molecular flexibility index (Phi) is 6.84. The quantitative estimate of drug-likeness (QED) is 0.601. The van der Waals surface area contributed by atoms with E-state index in [9.17, 15) is 9.18 Å². The van der Waals surface area contributed by atoms with Crippen molar-refractivity contribution in [3.05, 3.63) is 35.3 Å². The van der Waals surface area contributed by atoms with Gasteiger partial charge in [-0.25, -0.2) is 9.18 Å². The minimum Gasteiger partial charge on any atom is -0.443 e. The molecule has 1 amide bonds. The zero-order valence-corrected chi connectivity index (χ0v) is 19.1. The van der Waals surface area contributed by atoms with Gasteiger partial charge in [-0.3, -0.25) is 0 Å². The summed E-state index contributed by atoms with van der Waals surface area (Å²) in [7, 11) is 0. The Morgan fingerprint density at radius 3 is 2.47 bits per heavy atom. The van der Waals surface area contributed by atoms with Crippen molar-refractivity contribution < 1.29 is 13.9 Å². The summed E-state index contributed by atoms with van der Waals surface area (Å²) in [5.74, 6) is 1.30. The Balaban J connectivity index is 1.54. The number of rotatable bonds is 6. The predicted octanol–water partition coefficient (Wildman–Crippen LogP) is 5.23. The number of piperidine rings is 1. The third-order valence-corrected chi connectivity index (χ3v) is 7.67. The van der Waals surface area contributed by atoms with E-state index in [1.165, 1.54) is 44.0 Å². The molecular formula is C25H35FN4O2. The van der Waals surface area contributed by atoms with Crippen LogP contribution in [0, 0.1) is 23.1 Å². The van der Waals surface area contributed by atoms with E-state index in [1.807, 2.05) is 0 Å².